The van der Waals surface area contributed by atoms with Crippen LogP contribution in [0.1, 0.15) is 42.6 Å². The summed E-state index contributed by atoms with van der Waals surface area (Å²) >= 11 is 2.18. The van der Waals surface area contributed by atoms with E-state index in [2.05, 4.69) is 27.9 Å². The summed E-state index contributed by atoms with van der Waals surface area (Å²) in [7, 11) is 0. The summed E-state index contributed by atoms with van der Waals surface area (Å²) in [5, 5.41) is 2.94. The first-order valence-electron chi connectivity index (χ1n) is 6.25. The first-order chi connectivity index (χ1) is 8.41. The van der Waals surface area contributed by atoms with Crippen LogP contribution in [0.2, 0.25) is 0 Å². The second-order valence-corrected chi connectivity index (χ2v) is 5.90. The molecular weight excluding hydrogens is 339 g/mol. The van der Waals surface area contributed by atoms with E-state index in [0.29, 0.717) is 6.54 Å². The van der Waals surface area contributed by atoms with Crippen molar-refractivity contribution >= 4 is 28.5 Å². The second kappa shape index (κ2) is 6.52. The minimum absolute atomic E-state index is 0.0418. The number of halogens is 1. The van der Waals surface area contributed by atoms with Crippen LogP contribution in [0.3, 0.4) is 0 Å². The molecule has 0 saturated heterocycles. The van der Waals surface area contributed by atoms with Gasteiger partial charge in [0.25, 0.3) is 5.91 Å². The zero-order valence-electron chi connectivity index (χ0n) is 11.2. The molecule has 0 saturated carbocycles. The Balaban J connectivity index is 2.74. The van der Waals surface area contributed by atoms with Gasteiger partial charge in [-0.3, -0.25) is 4.79 Å². The van der Waals surface area contributed by atoms with Gasteiger partial charge in [-0.05, 0) is 54.5 Å². The fourth-order valence-electron chi connectivity index (χ4n) is 1.66. The Hall–Kier alpha value is -0.620. The van der Waals surface area contributed by atoms with Crippen molar-refractivity contribution in [3.63, 3.8) is 0 Å². The molecule has 0 aliphatic heterocycles. The van der Waals surface area contributed by atoms with Gasteiger partial charge in [0.2, 0.25) is 0 Å². The molecular formula is C14H21IN2O. The number of nitrogens with one attached hydrogen (secondary N) is 1. The number of carbonyl (C=O) groups is 1. The van der Waals surface area contributed by atoms with Crippen LogP contribution in [0.15, 0.2) is 18.2 Å². The summed E-state index contributed by atoms with van der Waals surface area (Å²) in [6.45, 7) is 6.60. The highest BCUT2D eigenvalue weighted by Crippen LogP contribution is 2.15. The average Bonchev–Trinajstić information content (AvgIpc) is 2.38. The molecule has 0 radical (unpaired) electrons. The number of carbonyl (C=O) groups excluding carboxylic acids is 1. The third-order valence-electron chi connectivity index (χ3n) is 3.38. The Bertz CT molecular complexity index is 428. The second-order valence-electron chi connectivity index (χ2n) is 4.74. The van der Waals surface area contributed by atoms with Crippen LogP contribution in [-0.2, 0) is 0 Å². The number of hydrogen-bond donors (Lipinski definition) is 2. The van der Waals surface area contributed by atoms with Gasteiger partial charge in [-0.1, -0.05) is 25.5 Å². The molecule has 1 amide bonds. The Labute approximate surface area is 123 Å². The number of aryl methyl sites for hydroxylation is 1. The van der Waals surface area contributed by atoms with E-state index in [0.717, 1.165) is 27.5 Å². The molecule has 3 nitrogen and oxygen atoms in total. The van der Waals surface area contributed by atoms with Crippen LogP contribution in [0.25, 0.3) is 0 Å². The van der Waals surface area contributed by atoms with Crippen LogP contribution in [0.4, 0.5) is 0 Å². The number of nitrogens with two attached hydrogens (primary N) is 1. The summed E-state index contributed by atoms with van der Waals surface area (Å²) < 4.78 is 0.964. The predicted molar refractivity (Wildman–Crippen MR) is 83.7 cm³/mol. The molecule has 0 aromatic heterocycles. The quantitative estimate of drug-likeness (QED) is 0.794. The maximum atomic E-state index is 12.1. The third-order valence-corrected chi connectivity index (χ3v) is 4.32. The Morgan fingerprint density at radius 3 is 2.56 bits per heavy atom. The van der Waals surface area contributed by atoms with Crippen molar-refractivity contribution in [2.45, 2.75) is 39.2 Å². The average molecular weight is 360 g/mol. The highest BCUT2D eigenvalue weighted by Gasteiger charge is 2.21. The first-order valence-corrected chi connectivity index (χ1v) is 7.33. The lowest BCUT2D eigenvalue weighted by Crippen LogP contribution is -2.49. The first kappa shape index (κ1) is 15.4. The summed E-state index contributed by atoms with van der Waals surface area (Å²) in [6, 6.07) is 5.87. The summed E-state index contributed by atoms with van der Waals surface area (Å²) in [5.41, 5.74) is 7.69. The van der Waals surface area contributed by atoms with E-state index in [1.165, 1.54) is 0 Å². The molecule has 1 rings (SSSR count). The molecule has 1 aromatic carbocycles. The molecule has 0 atom stereocenters. The van der Waals surface area contributed by atoms with E-state index in [4.69, 9.17) is 5.73 Å². The van der Waals surface area contributed by atoms with Crippen molar-refractivity contribution in [2.24, 2.45) is 5.73 Å². The third kappa shape index (κ3) is 3.95. The van der Waals surface area contributed by atoms with Crippen molar-refractivity contribution in [2.75, 3.05) is 6.54 Å². The summed E-state index contributed by atoms with van der Waals surface area (Å²) in [4.78, 5) is 12.1. The Morgan fingerprint density at radius 1 is 1.39 bits per heavy atom. The molecule has 0 unspecified atom stereocenters. The predicted octanol–water partition coefficient (Wildman–Crippen LogP) is 2.85. The van der Waals surface area contributed by atoms with Gasteiger partial charge < -0.3 is 11.1 Å². The lowest BCUT2D eigenvalue weighted by atomic mass is 9.94. The molecule has 0 bridgehead atoms. The van der Waals surface area contributed by atoms with Crippen LogP contribution >= 0.6 is 22.6 Å². The normalized spacial score (nSPS) is 11.4. The van der Waals surface area contributed by atoms with Gasteiger partial charge in [0.05, 0.1) is 5.56 Å². The van der Waals surface area contributed by atoms with Gasteiger partial charge in [-0.2, -0.15) is 0 Å². The monoisotopic (exact) mass is 360 g/mol. The lowest BCUT2D eigenvalue weighted by molar-refractivity contribution is 0.0941. The van der Waals surface area contributed by atoms with Crippen molar-refractivity contribution in [1.82, 2.24) is 5.32 Å². The molecule has 0 spiro atoms. The van der Waals surface area contributed by atoms with E-state index in [1.807, 2.05) is 39.0 Å². The zero-order valence-corrected chi connectivity index (χ0v) is 13.4. The van der Waals surface area contributed by atoms with Gasteiger partial charge >= 0.3 is 0 Å². The van der Waals surface area contributed by atoms with Gasteiger partial charge in [0.15, 0.2) is 0 Å². The largest absolute Gasteiger partial charge is 0.350 e. The highest BCUT2D eigenvalue weighted by molar-refractivity contribution is 14.1. The van der Waals surface area contributed by atoms with Crippen LogP contribution < -0.4 is 11.1 Å². The molecule has 3 N–H and O–H groups in total. The molecule has 1 aromatic rings. The molecule has 0 fully saturated rings. The highest BCUT2D eigenvalue weighted by atomic mass is 127. The SMILES string of the molecule is CCC(N)(CC)CNC(=O)c1cc(C)ccc1I. The van der Waals surface area contributed by atoms with E-state index >= 15 is 0 Å². The summed E-state index contributed by atoms with van der Waals surface area (Å²) in [5.74, 6) is -0.0418. The number of benzene rings is 1. The minimum Gasteiger partial charge on any atom is -0.350 e. The van der Waals surface area contributed by atoms with E-state index in [1.54, 1.807) is 0 Å². The van der Waals surface area contributed by atoms with Gasteiger partial charge in [0, 0.05) is 15.7 Å². The van der Waals surface area contributed by atoms with Gasteiger partial charge in [-0.25, -0.2) is 0 Å². The maximum Gasteiger partial charge on any atom is 0.252 e. The van der Waals surface area contributed by atoms with Crippen LogP contribution in [0, 0.1) is 10.5 Å². The van der Waals surface area contributed by atoms with Crippen molar-refractivity contribution < 1.29 is 4.79 Å². The molecule has 100 valence electrons. The number of rotatable bonds is 5. The van der Waals surface area contributed by atoms with Crippen LogP contribution in [0.5, 0.6) is 0 Å². The van der Waals surface area contributed by atoms with Crippen molar-refractivity contribution in [3.8, 4) is 0 Å². The molecule has 0 heterocycles. The standard InChI is InChI=1S/C14H21IN2O/c1-4-14(16,5-2)9-17-13(18)11-8-10(3)6-7-12(11)15/h6-8H,4-5,9,16H2,1-3H3,(H,17,18). The number of hydrogen-bond acceptors (Lipinski definition) is 2. The molecule has 4 heteroatoms. The van der Waals surface area contributed by atoms with Crippen molar-refractivity contribution in [3.05, 3.63) is 32.9 Å². The summed E-state index contributed by atoms with van der Waals surface area (Å²) in [6.07, 6.45) is 1.71. The lowest BCUT2D eigenvalue weighted by Gasteiger charge is -2.26. The van der Waals surface area contributed by atoms with Gasteiger partial charge in [0.1, 0.15) is 0 Å². The fourth-order valence-corrected chi connectivity index (χ4v) is 2.25. The van der Waals surface area contributed by atoms with Crippen LogP contribution in [-0.4, -0.2) is 18.0 Å². The van der Waals surface area contributed by atoms with E-state index in [-0.39, 0.29) is 11.4 Å². The maximum absolute atomic E-state index is 12.1. The number of amides is 1. The van der Waals surface area contributed by atoms with E-state index < -0.39 is 0 Å². The molecule has 0 aliphatic carbocycles. The minimum atomic E-state index is -0.301. The Morgan fingerprint density at radius 2 is 2.00 bits per heavy atom. The smallest absolute Gasteiger partial charge is 0.252 e. The van der Waals surface area contributed by atoms with Gasteiger partial charge in [-0.15, -0.1) is 0 Å². The fraction of sp³-hybridized carbons (Fsp3) is 0.500. The zero-order chi connectivity index (χ0) is 13.8. The Kier molecular flexibility index (Phi) is 5.59. The molecule has 18 heavy (non-hydrogen) atoms. The van der Waals surface area contributed by atoms with E-state index in [9.17, 15) is 4.79 Å². The van der Waals surface area contributed by atoms with Crippen molar-refractivity contribution in [1.29, 1.82) is 0 Å². The topological polar surface area (TPSA) is 55.1 Å². The molecule has 0 aliphatic rings.